The van der Waals surface area contributed by atoms with Crippen molar-refractivity contribution in [3.8, 4) is 11.3 Å². The Morgan fingerprint density at radius 3 is 3.00 bits per heavy atom. The number of aromatic nitrogens is 2. The number of carbonyl (C=O) groups excluding carboxylic acids is 1. The van der Waals surface area contributed by atoms with E-state index in [4.69, 9.17) is 21.9 Å². The Morgan fingerprint density at radius 2 is 2.23 bits per heavy atom. The number of aryl methyl sites for hydroxylation is 1. The number of benzene rings is 1. The molecule has 2 aromatic heterocycles. The van der Waals surface area contributed by atoms with Gasteiger partial charge in [0.1, 0.15) is 0 Å². The van der Waals surface area contributed by atoms with Gasteiger partial charge in [0.25, 0.3) is 11.6 Å². The van der Waals surface area contributed by atoms with Gasteiger partial charge >= 0.3 is 0 Å². The van der Waals surface area contributed by atoms with Gasteiger partial charge in [-0.15, -0.1) is 0 Å². The van der Waals surface area contributed by atoms with Crippen LogP contribution in [-0.2, 0) is 0 Å². The van der Waals surface area contributed by atoms with Crippen LogP contribution < -0.4 is 5.73 Å². The van der Waals surface area contributed by atoms with Crippen LogP contribution in [0.15, 0.2) is 34.9 Å². The number of rotatable bonds is 2. The van der Waals surface area contributed by atoms with Crippen molar-refractivity contribution >= 4 is 28.6 Å². The highest BCUT2D eigenvalue weighted by Gasteiger charge is 2.26. The SMILES string of the molecule is Cc1noc2nc(-c3cccc(Cl)c3)cc(C(=O)N3CCC[C@@H](N)C3)c12. The Labute approximate surface area is 155 Å². The molecular weight excluding hydrogens is 352 g/mol. The quantitative estimate of drug-likeness (QED) is 0.747. The molecule has 0 radical (unpaired) electrons. The van der Waals surface area contributed by atoms with Gasteiger partial charge in [-0.1, -0.05) is 28.9 Å². The lowest BCUT2D eigenvalue weighted by atomic mass is 10.0. The van der Waals surface area contributed by atoms with Crippen LogP contribution in [-0.4, -0.2) is 40.1 Å². The van der Waals surface area contributed by atoms with Gasteiger partial charge in [-0.3, -0.25) is 4.79 Å². The van der Waals surface area contributed by atoms with Gasteiger partial charge in [-0.05, 0) is 38.0 Å². The second-order valence-electron chi connectivity index (χ2n) is 6.67. The average Bonchev–Trinajstić information content (AvgIpc) is 3.01. The highest BCUT2D eigenvalue weighted by molar-refractivity contribution is 6.30. The predicted molar refractivity (Wildman–Crippen MR) is 100 cm³/mol. The Balaban J connectivity index is 1.84. The number of piperidine rings is 1. The van der Waals surface area contributed by atoms with Gasteiger partial charge < -0.3 is 15.2 Å². The largest absolute Gasteiger partial charge is 0.337 e. The molecule has 0 unspecified atom stereocenters. The summed E-state index contributed by atoms with van der Waals surface area (Å²) in [5, 5.41) is 5.25. The first kappa shape index (κ1) is 17.0. The van der Waals surface area contributed by atoms with Crippen molar-refractivity contribution < 1.29 is 9.32 Å². The summed E-state index contributed by atoms with van der Waals surface area (Å²) in [7, 11) is 0. The molecule has 1 saturated heterocycles. The van der Waals surface area contributed by atoms with E-state index in [1.807, 2.05) is 25.1 Å². The Hall–Kier alpha value is -2.44. The van der Waals surface area contributed by atoms with Crippen LogP contribution in [0.4, 0.5) is 0 Å². The third-order valence-corrected chi connectivity index (χ3v) is 4.95. The molecule has 1 fully saturated rings. The number of amides is 1. The number of hydrogen-bond donors (Lipinski definition) is 1. The van der Waals surface area contributed by atoms with Gasteiger partial charge in [-0.25, -0.2) is 4.98 Å². The van der Waals surface area contributed by atoms with E-state index in [0.717, 1.165) is 18.4 Å². The maximum atomic E-state index is 13.2. The highest BCUT2D eigenvalue weighted by Crippen LogP contribution is 2.29. The summed E-state index contributed by atoms with van der Waals surface area (Å²) in [6.45, 7) is 3.07. The molecule has 1 aliphatic rings. The van der Waals surface area contributed by atoms with Crippen molar-refractivity contribution in [2.45, 2.75) is 25.8 Å². The molecule has 134 valence electrons. The monoisotopic (exact) mass is 370 g/mol. The summed E-state index contributed by atoms with van der Waals surface area (Å²) in [6, 6.07) is 9.16. The maximum Gasteiger partial charge on any atom is 0.259 e. The van der Waals surface area contributed by atoms with Crippen LogP contribution in [0.3, 0.4) is 0 Å². The first-order chi connectivity index (χ1) is 12.5. The highest BCUT2D eigenvalue weighted by atomic mass is 35.5. The van der Waals surface area contributed by atoms with Crippen molar-refractivity contribution in [1.82, 2.24) is 15.0 Å². The molecule has 0 aliphatic carbocycles. The van der Waals surface area contributed by atoms with E-state index in [2.05, 4.69) is 10.1 Å². The van der Waals surface area contributed by atoms with Crippen molar-refractivity contribution in [2.24, 2.45) is 5.73 Å². The second-order valence-corrected chi connectivity index (χ2v) is 7.10. The van der Waals surface area contributed by atoms with Crippen molar-refractivity contribution in [2.75, 3.05) is 13.1 Å². The minimum atomic E-state index is -0.0675. The van der Waals surface area contributed by atoms with Gasteiger partial charge in [0.2, 0.25) is 0 Å². The fraction of sp³-hybridized carbons (Fsp3) is 0.316. The van der Waals surface area contributed by atoms with Crippen molar-refractivity contribution in [3.05, 3.63) is 46.6 Å². The fourth-order valence-electron chi connectivity index (χ4n) is 3.42. The Bertz CT molecular complexity index is 985. The topological polar surface area (TPSA) is 85.2 Å². The van der Waals surface area contributed by atoms with E-state index < -0.39 is 0 Å². The zero-order valence-corrected chi connectivity index (χ0v) is 15.2. The van der Waals surface area contributed by atoms with Gasteiger partial charge in [0, 0.05) is 29.7 Å². The molecule has 0 spiro atoms. The number of pyridine rings is 1. The summed E-state index contributed by atoms with van der Waals surface area (Å²) >= 11 is 6.10. The molecule has 26 heavy (non-hydrogen) atoms. The van der Waals surface area contributed by atoms with Crippen molar-refractivity contribution in [3.63, 3.8) is 0 Å². The maximum absolute atomic E-state index is 13.2. The number of carbonyl (C=O) groups is 1. The molecule has 0 saturated carbocycles. The van der Waals surface area contributed by atoms with E-state index in [-0.39, 0.29) is 11.9 Å². The number of nitrogens with zero attached hydrogens (tertiary/aromatic N) is 3. The molecule has 3 aromatic rings. The molecule has 6 nitrogen and oxygen atoms in total. The lowest BCUT2D eigenvalue weighted by Crippen LogP contribution is -2.45. The molecular formula is C19H19ClN4O2. The molecule has 1 atom stereocenters. The average molecular weight is 371 g/mol. The van der Waals surface area contributed by atoms with Crippen LogP contribution >= 0.6 is 11.6 Å². The lowest BCUT2D eigenvalue weighted by Gasteiger charge is -2.31. The summed E-state index contributed by atoms with van der Waals surface area (Å²) < 4.78 is 5.35. The van der Waals surface area contributed by atoms with Crippen molar-refractivity contribution in [1.29, 1.82) is 0 Å². The Morgan fingerprint density at radius 1 is 1.38 bits per heavy atom. The fourth-order valence-corrected chi connectivity index (χ4v) is 3.61. The zero-order valence-electron chi connectivity index (χ0n) is 14.4. The predicted octanol–water partition coefficient (Wildman–Crippen LogP) is 3.41. The normalized spacial score (nSPS) is 17.7. The van der Waals surface area contributed by atoms with Crippen LogP contribution in [0.2, 0.25) is 5.02 Å². The van der Waals surface area contributed by atoms with E-state index in [0.29, 0.717) is 46.2 Å². The number of fused-ring (bicyclic) bond motifs is 1. The van der Waals surface area contributed by atoms with Gasteiger partial charge in [-0.2, -0.15) is 0 Å². The number of hydrogen-bond acceptors (Lipinski definition) is 5. The standard InChI is InChI=1S/C19H19ClN4O2/c1-11-17-15(19(25)24-7-3-6-14(21)10-24)9-16(22-18(17)26-23-11)12-4-2-5-13(20)8-12/h2,4-5,8-9,14H,3,6-7,10,21H2,1H3/t14-/m1/s1. The van der Waals surface area contributed by atoms with Gasteiger partial charge in [0.15, 0.2) is 0 Å². The zero-order chi connectivity index (χ0) is 18.3. The molecule has 3 heterocycles. The number of likely N-dealkylation sites (tertiary alicyclic amines) is 1. The molecule has 1 aliphatic heterocycles. The second kappa shape index (κ2) is 6.70. The summed E-state index contributed by atoms with van der Waals surface area (Å²) in [5.41, 5.74) is 9.03. The number of halogens is 1. The third-order valence-electron chi connectivity index (χ3n) is 4.71. The molecule has 1 amide bonds. The van der Waals surface area contributed by atoms with E-state index in [9.17, 15) is 4.79 Å². The smallest absolute Gasteiger partial charge is 0.259 e. The molecule has 2 N–H and O–H groups in total. The Kier molecular flexibility index (Phi) is 4.38. The summed E-state index contributed by atoms with van der Waals surface area (Å²) in [5.74, 6) is -0.0675. The van der Waals surface area contributed by atoms with E-state index in [1.54, 1.807) is 17.0 Å². The molecule has 1 aromatic carbocycles. The molecule has 0 bridgehead atoms. The lowest BCUT2D eigenvalue weighted by molar-refractivity contribution is 0.0710. The summed E-state index contributed by atoms with van der Waals surface area (Å²) in [6.07, 6.45) is 1.85. The van der Waals surface area contributed by atoms with Crippen LogP contribution in [0.25, 0.3) is 22.4 Å². The minimum absolute atomic E-state index is 0.0148. The first-order valence-corrected chi connectivity index (χ1v) is 8.98. The first-order valence-electron chi connectivity index (χ1n) is 8.61. The van der Waals surface area contributed by atoms with Crippen LogP contribution in [0, 0.1) is 6.92 Å². The summed E-state index contributed by atoms with van der Waals surface area (Å²) in [4.78, 5) is 19.5. The third kappa shape index (κ3) is 3.06. The van der Waals surface area contributed by atoms with Crippen LogP contribution in [0.1, 0.15) is 28.9 Å². The minimum Gasteiger partial charge on any atom is -0.337 e. The molecule has 7 heteroatoms. The van der Waals surface area contributed by atoms with Gasteiger partial charge in [0.05, 0.1) is 22.3 Å². The molecule has 4 rings (SSSR count). The van der Waals surface area contributed by atoms with Crippen LogP contribution in [0.5, 0.6) is 0 Å². The number of nitrogens with two attached hydrogens (primary N) is 1. The van der Waals surface area contributed by atoms with E-state index >= 15 is 0 Å². The van der Waals surface area contributed by atoms with E-state index in [1.165, 1.54) is 0 Å².